The number of methoxy groups -OCH3 is 1. The molecule has 7 heteroatoms. The number of fused-ring (bicyclic) bond motifs is 3. The van der Waals surface area contributed by atoms with Gasteiger partial charge in [-0.15, -0.1) is 4.40 Å². The van der Waals surface area contributed by atoms with Gasteiger partial charge in [-0.3, -0.25) is 0 Å². The molecule has 132 valence electrons. The van der Waals surface area contributed by atoms with E-state index in [0.29, 0.717) is 10.6 Å². The summed E-state index contributed by atoms with van der Waals surface area (Å²) < 4.78 is 37.3. The molecule has 0 aliphatic heterocycles. The van der Waals surface area contributed by atoms with E-state index in [0.717, 1.165) is 21.0 Å². The van der Waals surface area contributed by atoms with Crippen LogP contribution in [0.25, 0.3) is 21.0 Å². The average Bonchev–Trinajstić information content (AvgIpc) is 2.97. The molecule has 5 nitrogen and oxygen atoms in total. The van der Waals surface area contributed by atoms with E-state index < -0.39 is 10.0 Å². The first-order valence-corrected chi connectivity index (χ1v) is 10.2. The fourth-order valence-electron chi connectivity index (χ4n) is 2.85. The molecule has 4 aromatic rings. The summed E-state index contributed by atoms with van der Waals surface area (Å²) in [5.41, 5.74) is 0.956. The van der Waals surface area contributed by atoms with Crippen LogP contribution in [0.3, 0.4) is 0 Å². The third-order valence-electron chi connectivity index (χ3n) is 4.26. The van der Waals surface area contributed by atoms with Gasteiger partial charge in [-0.25, -0.2) is 0 Å². The molecule has 0 aliphatic rings. The molecule has 26 heavy (non-hydrogen) atoms. The van der Waals surface area contributed by atoms with Crippen LogP contribution in [0.1, 0.15) is 0 Å². The maximum atomic E-state index is 12.7. The minimum Gasteiger partial charge on any atom is -0.497 e. The molecule has 4 rings (SSSR count). The Kier molecular flexibility index (Phi) is 4.05. The standard InChI is InChI=1S/C19H16N2O3S2/c1-21-17-12-7-13-5-3-4-6-16(13)18(17)25-19(21)20-26(22,23)15-10-8-14(24-2)9-11-15/h3-12H,1-2H3. The highest BCUT2D eigenvalue weighted by atomic mass is 32.2. The molecular weight excluding hydrogens is 368 g/mol. The molecular formula is C19H16N2O3S2. The monoisotopic (exact) mass is 384 g/mol. The number of rotatable bonds is 3. The average molecular weight is 384 g/mol. The Labute approximate surface area is 154 Å². The molecule has 0 atom stereocenters. The second-order valence-corrected chi connectivity index (χ2v) is 8.40. The van der Waals surface area contributed by atoms with Gasteiger partial charge in [-0.2, -0.15) is 8.42 Å². The minimum absolute atomic E-state index is 0.139. The molecule has 0 saturated heterocycles. The number of ether oxygens (including phenoxy) is 1. The summed E-state index contributed by atoms with van der Waals surface area (Å²) in [6, 6.07) is 18.3. The molecule has 0 amide bonds. The van der Waals surface area contributed by atoms with Gasteiger partial charge in [-0.05, 0) is 35.7 Å². The van der Waals surface area contributed by atoms with Gasteiger partial charge in [0, 0.05) is 12.4 Å². The highest BCUT2D eigenvalue weighted by molar-refractivity contribution is 7.90. The van der Waals surface area contributed by atoms with Gasteiger partial charge in [0.2, 0.25) is 4.80 Å². The Bertz CT molecular complexity index is 1280. The topological polar surface area (TPSA) is 60.7 Å². The van der Waals surface area contributed by atoms with E-state index in [2.05, 4.69) is 4.40 Å². The fraction of sp³-hybridized carbons (Fsp3) is 0.105. The van der Waals surface area contributed by atoms with Crippen LogP contribution in [-0.2, 0) is 17.1 Å². The molecule has 0 saturated carbocycles. The van der Waals surface area contributed by atoms with E-state index >= 15 is 0 Å². The van der Waals surface area contributed by atoms with Crippen LogP contribution in [-0.4, -0.2) is 20.1 Å². The quantitative estimate of drug-likeness (QED) is 0.541. The summed E-state index contributed by atoms with van der Waals surface area (Å²) in [7, 11) is -0.436. The molecule has 3 aromatic carbocycles. The van der Waals surface area contributed by atoms with Gasteiger partial charge in [0.15, 0.2) is 0 Å². The Balaban J connectivity index is 1.92. The van der Waals surface area contributed by atoms with E-state index in [1.807, 2.05) is 48.0 Å². The first-order chi connectivity index (χ1) is 12.5. The van der Waals surface area contributed by atoms with Crippen LogP contribution in [0, 0.1) is 0 Å². The van der Waals surface area contributed by atoms with E-state index in [9.17, 15) is 8.42 Å². The van der Waals surface area contributed by atoms with Crippen molar-refractivity contribution in [2.45, 2.75) is 4.90 Å². The zero-order chi connectivity index (χ0) is 18.3. The lowest BCUT2D eigenvalue weighted by molar-refractivity contribution is 0.414. The fourth-order valence-corrected chi connectivity index (χ4v) is 5.23. The number of sulfonamides is 1. The number of benzene rings is 3. The van der Waals surface area contributed by atoms with E-state index in [1.165, 1.54) is 30.6 Å². The zero-order valence-corrected chi connectivity index (χ0v) is 15.8. The van der Waals surface area contributed by atoms with Crippen molar-refractivity contribution in [2.75, 3.05) is 7.11 Å². The van der Waals surface area contributed by atoms with Gasteiger partial charge in [-0.1, -0.05) is 41.7 Å². The van der Waals surface area contributed by atoms with E-state index in [4.69, 9.17) is 4.74 Å². The molecule has 0 spiro atoms. The van der Waals surface area contributed by atoms with Crippen LogP contribution in [0.4, 0.5) is 0 Å². The minimum atomic E-state index is -3.80. The van der Waals surface area contributed by atoms with Crippen LogP contribution in [0.2, 0.25) is 0 Å². The Morgan fingerprint density at radius 1 is 1.00 bits per heavy atom. The van der Waals surface area contributed by atoms with Gasteiger partial charge in [0.05, 0.1) is 22.2 Å². The predicted molar refractivity (Wildman–Crippen MR) is 104 cm³/mol. The second kappa shape index (κ2) is 6.26. The third kappa shape index (κ3) is 2.79. The van der Waals surface area contributed by atoms with Crippen molar-refractivity contribution in [2.24, 2.45) is 11.4 Å². The lowest BCUT2D eigenvalue weighted by atomic mass is 10.1. The summed E-state index contributed by atoms with van der Waals surface area (Å²) >= 11 is 1.38. The lowest BCUT2D eigenvalue weighted by Crippen LogP contribution is -2.13. The van der Waals surface area contributed by atoms with Crippen molar-refractivity contribution >= 4 is 42.3 Å². The molecule has 1 aromatic heterocycles. The zero-order valence-electron chi connectivity index (χ0n) is 14.2. The summed E-state index contributed by atoms with van der Waals surface area (Å²) in [6.07, 6.45) is 0. The highest BCUT2D eigenvalue weighted by Gasteiger charge is 2.14. The van der Waals surface area contributed by atoms with Crippen LogP contribution >= 0.6 is 11.3 Å². The Morgan fingerprint density at radius 2 is 1.73 bits per heavy atom. The lowest BCUT2D eigenvalue weighted by Gasteiger charge is -2.01. The summed E-state index contributed by atoms with van der Waals surface area (Å²) in [4.78, 5) is 0.577. The SMILES string of the molecule is COc1ccc(S(=O)(=O)N=c2sc3c4ccccc4ccc3n2C)cc1. The highest BCUT2D eigenvalue weighted by Crippen LogP contribution is 2.27. The smallest absolute Gasteiger partial charge is 0.285 e. The Morgan fingerprint density at radius 3 is 2.46 bits per heavy atom. The molecule has 0 fully saturated rings. The number of hydrogen-bond donors (Lipinski definition) is 0. The van der Waals surface area contributed by atoms with E-state index in [-0.39, 0.29) is 4.90 Å². The van der Waals surface area contributed by atoms with Crippen molar-refractivity contribution < 1.29 is 13.2 Å². The van der Waals surface area contributed by atoms with Crippen molar-refractivity contribution in [3.8, 4) is 5.75 Å². The molecule has 0 unspecified atom stereocenters. The van der Waals surface area contributed by atoms with Crippen LogP contribution < -0.4 is 9.54 Å². The number of thiazole rings is 1. The van der Waals surface area contributed by atoms with E-state index in [1.54, 1.807) is 12.1 Å². The second-order valence-electron chi connectivity index (χ2n) is 5.82. The van der Waals surface area contributed by atoms with Gasteiger partial charge in [0.25, 0.3) is 10.0 Å². The van der Waals surface area contributed by atoms with Crippen LogP contribution in [0.15, 0.2) is 70.0 Å². The van der Waals surface area contributed by atoms with Crippen LogP contribution in [0.5, 0.6) is 5.75 Å². The molecule has 0 N–H and O–H groups in total. The number of nitrogens with zero attached hydrogens (tertiary/aromatic N) is 2. The van der Waals surface area contributed by atoms with Crippen molar-refractivity contribution in [1.29, 1.82) is 0 Å². The predicted octanol–water partition coefficient (Wildman–Crippen LogP) is 3.69. The van der Waals surface area contributed by atoms with Crippen molar-refractivity contribution in [1.82, 2.24) is 4.57 Å². The molecule has 0 bridgehead atoms. The largest absolute Gasteiger partial charge is 0.497 e. The Hall–Kier alpha value is -2.64. The number of aryl methyl sites for hydroxylation is 1. The number of aromatic nitrogens is 1. The van der Waals surface area contributed by atoms with Gasteiger partial charge in [0.1, 0.15) is 5.75 Å². The van der Waals surface area contributed by atoms with Crippen molar-refractivity contribution in [3.63, 3.8) is 0 Å². The molecule has 0 aliphatic carbocycles. The maximum Gasteiger partial charge on any atom is 0.285 e. The maximum absolute atomic E-state index is 12.7. The first-order valence-electron chi connectivity index (χ1n) is 7.92. The summed E-state index contributed by atoms with van der Waals surface area (Å²) in [5, 5.41) is 2.21. The first kappa shape index (κ1) is 16.8. The summed E-state index contributed by atoms with van der Waals surface area (Å²) in [6.45, 7) is 0. The number of hydrogen-bond acceptors (Lipinski definition) is 4. The van der Waals surface area contributed by atoms with Gasteiger partial charge < -0.3 is 9.30 Å². The molecule has 1 heterocycles. The third-order valence-corrected chi connectivity index (χ3v) is 6.83. The summed E-state index contributed by atoms with van der Waals surface area (Å²) in [5.74, 6) is 0.600. The molecule has 0 radical (unpaired) electrons. The van der Waals surface area contributed by atoms with Crippen molar-refractivity contribution in [3.05, 3.63) is 65.5 Å². The normalized spacial score (nSPS) is 12.8. The van der Waals surface area contributed by atoms with Gasteiger partial charge >= 0.3 is 0 Å².